The highest BCUT2D eigenvalue weighted by atomic mass is 16.5. The lowest BCUT2D eigenvalue weighted by Crippen LogP contribution is -2.00. The van der Waals surface area contributed by atoms with Gasteiger partial charge in [-0.15, -0.1) is 0 Å². The highest BCUT2D eigenvalue weighted by Gasteiger charge is 2.09. The van der Waals surface area contributed by atoms with E-state index in [0.717, 1.165) is 11.1 Å². The molecule has 0 amide bonds. The maximum Gasteiger partial charge on any atom is 0.143 e. The summed E-state index contributed by atoms with van der Waals surface area (Å²) in [5.41, 5.74) is 14.7. The molecule has 1 aromatic carbocycles. The molecule has 2 aromatic rings. The molecule has 4 heteroatoms. The summed E-state index contributed by atoms with van der Waals surface area (Å²) in [6, 6.07) is 7.47. The van der Waals surface area contributed by atoms with Gasteiger partial charge in [-0.2, -0.15) is 0 Å². The summed E-state index contributed by atoms with van der Waals surface area (Å²) in [4.78, 5) is 3.96. The van der Waals surface area contributed by atoms with Gasteiger partial charge in [0.2, 0.25) is 0 Å². The first kappa shape index (κ1) is 10.3. The van der Waals surface area contributed by atoms with Gasteiger partial charge in [-0.1, -0.05) is 0 Å². The Bertz CT molecular complexity index is 497. The summed E-state index contributed by atoms with van der Waals surface area (Å²) in [6.07, 6.45) is 3.43. The lowest BCUT2D eigenvalue weighted by atomic mass is 10.0. The second kappa shape index (κ2) is 4.10. The number of ether oxygens (including phenoxy) is 1. The average Bonchev–Trinajstić information content (AvgIpc) is 2.34. The lowest BCUT2D eigenvalue weighted by molar-refractivity contribution is 0.417. The van der Waals surface area contributed by atoms with Crippen LogP contribution in [0, 0.1) is 0 Å². The molecule has 1 aromatic heterocycles. The largest absolute Gasteiger partial charge is 0.495 e. The minimum atomic E-state index is 0.469. The van der Waals surface area contributed by atoms with Crippen LogP contribution in [0.2, 0.25) is 0 Å². The third kappa shape index (κ3) is 1.65. The number of hydrogen-bond donors (Lipinski definition) is 2. The van der Waals surface area contributed by atoms with Crippen molar-refractivity contribution in [3.8, 4) is 16.9 Å². The van der Waals surface area contributed by atoms with Gasteiger partial charge in [0.25, 0.3) is 0 Å². The van der Waals surface area contributed by atoms with Crippen molar-refractivity contribution < 1.29 is 4.74 Å². The zero-order chi connectivity index (χ0) is 11.5. The predicted molar refractivity (Wildman–Crippen MR) is 65.0 cm³/mol. The van der Waals surface area contributed by atoms with Crippen molar-refractivity contribution in [1.29, 1.82) is 0 Å². The molecule has 0 aliphatic rings. The van der Waals surface area contributed by atoms with E-state index < -0.39 is 0 Å². The summed E-state index contributed by atoms with van der Waals surface area (Å²) in [7, 11) is 1.57. The third-order valence-electron chi connectivity index (χ3n) is 2.46. The summed E-state index contributed by atoms with van der Waals surface area (Å²) < 4.78 is 5.10. The zero-order valence-electron chi connectivity index (χ0n) is 8.97. The smallest absolute Gasteiger partial charge is 0.143 e. The highest BCUT2D eigenvalue weighted by molar-refractivity contribution is 5.87. The molecule has 0 fully saturated rings. The number of nitrogen functional groups attached to an aromatic ring is 2. The molecular formula is C12H13N3O. The van der Waals surface area contributed by atoms with Crippen LogP contribution in [0.5, 0.6) is 5.75 Å². The standard InChI is InChI=1S/C12H13N3O/c1-16-10-3-2-9(11(13)12(10)14)8-4-6-15-7-5-8/h2-7H,13-14H2,1H3. The van der Waals surface area contributed by atoms with E-state index in [-0.39, 0.29) is 0 Å². The Balaban J connectivity index is 2.56. The average molecular weight is 215 g/mol. The van der Waals surface area contributed by atoms with Gasteiger partial charge in [-0.05, 0) is 29.8 Å². The van der Waals surface area contributed by atoms with Crippen molar-refractivity contribution in [2.45, 2.75) is 0 Å². The van der Waals surface area contributed by atoms with Crippen LogP contribution in [0.1, 0.15) is 0 Å². The van der Waals surface area contributed by atoms with Crippen molar-refractivity contribution in [2.24, 2.45) is 0 Å². The van der Waals surface area contributed by atoms with Crippen LogP contribution in [-0.4, -0.2) is 12.1 Å². The Morgan fingerprint density at radius 2 is 1.69 bits per heavy atom. The van der Waals surface area contributed by atoms with Gasteiger partial charge in [0.1, 0.15) is 5.75 Å². The van der Waals surface area contributed by atoms with Crippen LogP contribution in [0.15, 0.2) is 36.7 Å². The lowest BCUT2D eigenvalue weighted by Gasteiger charge is -2.11. The van der Waals surface area contributed by atoms with E-state index in [1.807, 2.05) is 18.2 Å². The molecule has 1 heterocycles. The van der Waals surface area contributed by atoms with Crippen molar-refractivity contribution in [3.05, 3.63) is 36.7 Å². The van der Waals surface area contributed by atoms with Crippen LogP contribution >= 0.6 is 0 Å². The number of methoxy groups -OCH3 is 1. The minimum Gasteiger partial charge on any atom is -0.495 e. The Morgan fingerprint density at radius 3 is 2.31 bits per heavy atom. The number of aromatic nitrogens is 1. The minimum absolute atomic E-state index is 0.469. The van der Waals surface area contributed by atoms with E-state index in [9.17, 15) is 0 Å². The van der Waals surface area contributed by atoms with E-state index in [0.29, 0.717) is 17.1 Å². The summed E-state index contributed by atoms with van der Waals surface area (Å²) in [5, 5.41) is 0. The molecule has 0 radical (unpaired) electrons. The van der Waals surface area contributed by atoms with Gasteiger partial charge in [-0.3, -0.25) is 4.98 Å². The van der Waals surface area contributed by atoms with Crippen LogP contribution in [-0.2, 0) is 0 Å². The molecule has 82 valence electrons. The van der Waals surface area contributed by atoms with E-state index in [1.54, 1.807) is 25.6 Å². The fourth-order valence-electron chi connectivity index (χ4n) is 1.58. The number of anilines is 2. The number of benzene rings is 1. The topological polar surface area (TPSA) is 74.2 Å². The maximum absolute atomic E-state index is 5.97. The molecule has 0 saturated carbocycles. The van der Waals surface area contributed by atoms with Gasteiger partial charge < -0.3 is 16.2 Å². The van der Waals surface area contributed by atoms with Crippen molar-refractivity contribution in [1.82, 2.24) is 4.98 Å². The third-order valence-corrected chi connectivity index (χ3v) is 2.46. The fraction of sp³-hybridized carbons (Fsp3) is 0.0833. The molecule has 4 nitrogen and oxygen atoms in total. The normalized spacial score (nSPS) is 10.1. The zero-order valence-corrected chi connectivity index (χ0v) is 8.97. The molecule has 0 aliphatic carbocycles. The molecule has 16 heavy (non-hydrogen) atoms. The first-order chi connectivity index (χ1) is 7.74. The number of hydrogen-bond acceptors (Lipinski definition) is 4. The first-order valence-corrected chi connectivity index (χ1v) is 4.86. The molecule has 0 bridgehead atoms. The molecule has 0 aliphatic heterocycles. The van der Waals surface area contributed by atoms with Gasteiger partial charge in [-0.25, -0.2) is 0 Å². The number of nitrogens with two attached hydrogens (primary N) is 2. The van der Waals surface area contributed by atoms with E-state index >= 15 is 0 Å². The van der Waals surface area contributed by atoms with Crippen LogP contribution in [0.4, 0.5) is 11.4 Å². The quantitative estimate of drug-likeness (QED) is 0.750. The summed E-state index contributed by atoms with van der Waals surface area (Å²) in [5.74, 6) is 0.593. The van der Waals surface area contributed by atoms with Crippen LogP contribution in [0.3, 0.4) is 0 Å². The Labute approximate surface area is 93.9 Å². The van der Waals surface area contributed by atoms with E-state index in [2.05, 4.69) is 4.98 Å². The van der Waals surface area contributed by atoms with E-state index in [4.69, 9.17) is 16.2 Å². The SMILES string of the molecule is COc1ccc(-c2ccncc2)c(N)c1N. The van der Waals surface area contributed by atoms with Crippen LogP contribution < -0.4 is 16.2 Å². The molecule has 0 spiro atoms. The van der Waals surface area contributed by atoms with Gasteiger partial charge >= 0.3 is 0 Å². The fourth-order valence-corrected chi connectivity index (χ4v) is 1.58. The second-order valence-electron chi connectivity index (χ2n) is 3.38. The Morgan fingerprint density at radius 1 is 1.00 bits per heavy atom. The molecule has 4 N–H and O–H groups in total. The second-order valence-corrected chi connectivity index (χ2v) is 3.38. The molecular weight excluding hydrogens is 202 g/mol. The molecule has 0 unspecified atom stereocenters. The van der Waals surface area contributed by atoms with Crippen molar-refractivity contribution in [3.63, 3.8) is 0 Å². The Hall–Kier alpha value is -2.23. The van der Waals surface area contributed by atoms with E-state index in [1.165, 1.54) is 0 Å². The predicted octanol–water partition coefficient (Wildman–Crippen LogP) is 1.92. The van der Waals surface area contributed by atoms with Crippen LogP contribution in [0.25, 0.3) is 11.1 Å². The number of pyridine rings is 1. The number of rotatable bonds is 2. The van der Waals surface area contributed by atoms with Gasteiger partial charge in [0.15, 0.2) is 0 Å². The van der Waals surface area contributed by atoms with Crippen molar-refractivity contribution in [2.75, 3.05) is 18.6 Å². The monoisotopic (exact) mass is 215 g/mol. The van der Waals surface area contributed by atoms with Gasteiger partial charge in [0, 0.05) is 18.0 Å². The highest BCUT2D eigenvalue weighted by Crippen LogP contribution is 2.35. The molecule has 0 atom stereocenters. The Kier molecular flexibility index (Phi) is 2.64. The van der Waals surface area contributed by atoms with Crippen molar-refractivity contribution >= 4 is 11.4 Å². The maximum atomic E-state index is 5.97. The first-order valence-electron chi connectivity index (χ1n) is 4.86. The number of nitrogens with zero attached hydrogens (tertiary/aromatic N) is 1. The molecule has 0 saturated heterocycles. The summed E-state index contributed by atoms with van der Waals surface area (Å²) in [6.45, 7) is 0. The van der Waals surface area contributed by atoms with Gasteiger partial charge in [0.05, 0.1) is 18.5 Å². The summed E-state index contributed by atoms with van der Waals surface area (Å²) >= 11 is 0. The molecule has 2 rings (SSSR count).